The summed E-state index contributed by atoms with van der Waals surface area (Å²) in [6, 6.07) is 19.3. The zero-order valence-electron chi connectivity index (χ0n) is 18.4. The Morgan fingerprint density at radius 3 is 2.30 bits per heavy atom. The van der Waals surface area contributed by atoms with Crippen molar-refractivity contribution in [3.8, 4) is 0 Å². The highest BCUT2D eigenvalue weighted by molar-refractivity contribution is 7.91. The number of amides is 2. The average molecular weight is 463 g/mol. The number of aryl methyl sites for hydroxylation is 2. The van der Waals surface area contributed by atoms with Crippen molar-refractivity contribution in [1.29, 1.82) is 0 Å². The second kappa shape index (κ2) is 9.58. The van der Waals surface area contributed by atoms with E-state index in [-0.39, 0.29) is 23.0 Å². The average Bonchev–Trinajstić information content (AvgIpc) is 3.29. The van der Waals surface area contributed by atoms with E-state index in [4.69, 9.17) is 0 Å². The van der Waals surface area contributed by atoms with Crippen molar-refractivity contribution in [3.05, 3.63) is 89.0 Å². The molecule has 1 aliphatic rings. The van der Waals surface area contributed by atoms with Crippen LogP contribution in [0, 0.1) is 6.92 Å². The summed E-state index contributed by atoms with van der Waals surface area (Å²) in [7, 11) is -3.55. The Morgan fingerprint density at radius 2 is 1.55 bits per heavy atom. The minimum atomic E-state index is -3.55. The molecule has 2 N–H and O–H groups in total. The van der Waals surface area contributed by atoms with E-state index in [2.05, 4.69) is 10.6 Å². The summed E-state index contributed by atoms with van der Waals surface area (Å²) < 4.78 is 25.5. The van der Waals surface area contributed by atoms with Gasteiger partial charge in [-0.15, -0.1) is 0 Å². The van der Waals surface area contributed by atoms with Crippen LogP contribution in [-0.4, -0.2) is 26.0 Å². The highest BCUT2D eigenvalue weighted by atomic mass is 32.2. The zero-order chi connectivity index (χ0) is 23.4. The second-order valence-corrected chi connectivity index (χ2v) is 10.3. The maximum absolute atomic E-state index is 12.7. The van der Waals surface area contributed by atoms with Crippen molar-refractivity contribution in [2.75, 3.05) is 16.4 Å². The van der Waals surface area contributed by atoms with Crippen LogP contribution in [0.15, 0.2) is 71.6 Å². The lowest BCUT2D eigenvalue weighted by atomic mass is 10.1. The van der Waals surface area contributed by atoms with Crippen molar-refractivity contribution < 1.29 is 18.0 Å². The number of benzene rings is 3. The van der Waals surface area contributed by atoms with Gasteiger partial charge in [-0.2, -0.15) is 0 Å². The summed E-state index contributed by atoms with van der Waals surface area (Å²) in [5.74, 6) is -0.904. The normalized spacial score (nSPS) is 12.8. The fourth-order valence-electron chi connectivity index (χ4n) is 3.99. The molecule has 0 heterocycles. The van der Waals surface area contributed by atoms with E-state index >= 15 is 0 Å². The van der Waals surface area contributed by atoms with Gasteiger partial charge in [-0.1, -0.05) is 30.3 Å². The Bertz CT molecular complexity index is 1300. The molecule has 0 saturated carbocycles. The van der Waals surface area contributed by atoms with Crippen LogP contribution in [0.1, 0.15) is 39.9 Å². The molecular weight excluding hydrogens is 436 g/mol. The molecule has 0 atom stereocenters. The van der Waals surface area contributed by atoms with Crippen molar-refractivity contribution >= 4 is 33.0 Å². The molecule has 6 nitrogen and oxygen atoms in total. The summed E-state index contributed by atoms with van der Waals surface area (Å²) >= 11 is 0. The van der Waals surface area contributed by atoms with Gasteiger partial charge >= 0.3 is 0 Å². The molecule has 0 saturated heterocycles. The predicted octanol–water partition coefficient (Wildman–Crippen LogP) is 4.54. The van der Waals surface area contributed by atoms with Gasteiger partial charge in [0.05, 0.1) is 10.6 Å². The number of carbonyl (C=O) groups is 2. The molecule has 0 spiro atoms. The van der Waals surface area contributed by atoms with E-state index in [1.54, 1.807) is 61.5 Å². The molecule has 33 heavy (non-hydrogen) atoms. The van der Waals surface area contributed by atoms with Crippen LogP contribution in [0.25, 0.3) is 0 Å². The second-order valence-electron chi connectivity index (χ2n) is 8.20. The lowest BCUT2D eigenvalue weighted by Crippen LogP contribution is -2.19. The highest BCUT2D eigenvalue weighted by Crippen LogP contribution is 2.26. The van der Waals surface area contributed by atoms with Crippen LogP contribution in [0.5, 0.6) is 0 Å². The van der Waals surface area contributed by atoms with E-state index in [0.29, 0.717) is 22.5 Å². The minimum Gasteiger partial charge on any atom is -0.326 e. The molecular formula is C26H26N2O4S. The summed E-state index contributed by atoms with van der Waals surface area (Å²) in [4.78, 5) is 25.3. The molecule has 0 aromatic heterocycles. The van der Waals surface area contributed by atoms with Gasteiger partial charge in [0.2, 0.25) is 5.91 Å². The van der Waals surface area contributed by atoms with Gasteiger partial charge in [0.25, 0.3) is 5.91 Å². The van der Waals surface area contributed by atoms with E-state index < -0.39 is 15.7 Å². The van der Waals surface area contributed by atoms with Crippen LogP contribution < -0.4 is 10.6 Å². The van der Waals surface area contributed by atoms with Crippen LogP contribution >= 0.6 is 0 Å². The fourth-order valence-corrected chi connectivity index (χ4v) is 5.28. The van der Waals surface area contributed by atoms with Gasteiger partial charge in [0.1, 0.15) is 0 Å². The summed E-state index contributed by atoms with van der Waals surface area (Å²) in [5, 5.41) is 5.63. The van der Waals surface area contributed by atoms with E-state index in [1.165, 1.54) is 5.56 Å². The van der Waals surface area contributed by atoms with Crippen LogP contribution in [0.3, 0.4) is 0 Å². The predicted molar refractivity (Wildman–Crippen MR) is 129 cm³/mol. The maximum Gasteiger partial charge on any atom is 0.255 e. The number of fused-ring (bicyclic) bond motifs is 1. The van der Waals surface area contributed by atoms with Crippen LogP contribution in [-0.2, 0) is 27.5 Å². The Balaban J connectivity index is 1.39. The summed E-state index contributed by atoms with van der Waals surface area (Å²) in [6.07, 6.45) is 2.78. The first-order chi connectivity index (χ1) is 15.8. The molecule has 0 radical (unpaired) electrons. The largest absolute Gasteiger partial charge is 0.326 e. The quantitative estimate of drug-likeness (QED) is 0.539. The number of anilines is 2. The monoisotopic (exact) mass is 462 g/mol. The fraction of sp³-hybridized carbons (Fsp3) is 0.231. The molecule has 7 heteroatoms. The zero-order valence-corrected chi connectivity index (χ0v) is 19.2. The highest BCUT2D eigenvalue weighted by Gasteiger charge is 2.20. The Morgan fingerprint density at radius 1 is 0.848 bits per heavy atom. The molecule has 0 unspecified atom stereocenters. The Kier molecular flexibility index (Phi) is 6.60. The van der Waals surface area contributed by atoms with Crippen molar-refractivity contribution in [2.45, 2.75) is 37.5 Å². The van der Waals surface area contributed by atoms with Gasteiger partial charge in [-0.3, -0.25) is 9.59 Å². The van der Waals surface area contributed by atoms with Gasteiger partial charge in [0.15, 0.2) is 9.84 Å². The maximum atomic E-state index is 12.7. The number of hydrogen-bond acceptors (Lipinski definition) is 4. The summed E-state index contributed by atoms with van der Waals surface area (Å²) in [6.45, 7) is 1.79. The number of nitrogens with one attached hydrogen (secondary N) is 2. The number of sulfone groups is 1. The van der Waals surface area contributed by atoms with Crippen molar-refractivity contribution in [3.63, 3.8) is 0 Å². The van der Waals surface area contributed by atoms with Crippen LogP contribution in [0.2, 0.25) is 0 Å². The van der Waals surface area contributed by atoms with Crippen LogP contribution in [0.4, 0.5) is 11.4 Å². The number of hydrogen-bond donors (Lipinski definition) is 2. The third kappa shape index (κ3) is 5.31. The first kappa shape index (κ1) is 22.7. The molecule has 3 aromatic carbocycles. The molecule has 2 amide bonds. The molecule has 0 aliphatic heterocycles. The molecule has 170 valence electrons. The van der Waals surface area contributed by atoms with Gasteiger partial charge in [0, 0.05) is 23.4 Å². The van der Waals surface area contributed by atoms with E-state index in [0.717, 1.165) is 24.8 Å². The van der Waals surface area contributed by atoms with E-state index in [9.17, 15) is 18.0 Å². The third-order valence-corrected chi connectivity index (χ3v) is 7.63. The first-order valence-corrected chi connectivity index (χ1v) is 12.6. The van der Waals surface area contributed by atoms with E-state index in [1.807, 2.05) is 12.1 Å². The lowest BCUT2D eigenvalue weighted by molar-refractivity contribution is -0.115. The van der Waals surface area contributed by atoms with Crippen molar-refractivity contribution in [2.24, 2.45) is 0 Å². The standard InChI is InChI=1S/C26H26N2O4S/c1-18-23(11-6-12-24(18)28-26(30)20-7-3-2-4-8-20)27-25(29)15-16-33(31,32)22-14-13-19-9-5-10-21(19)17-22/h2-4,6-8,11-14,17H,5,9-10,15-16H2,1H3,(H,27,29)(H,28,30). The topological polar surface area (TPSA) is 92.3 Å². The summed E-state index contributed by atoms with van der Waals surface area (Å²) in [5.41, 5.74) is 4.62. The SMILES string of the molecule is Cc1c(NC(=O)CCS(=O)(=O)c2ccc3c(c2)CCC3)cccc1NC(=O)c1ccccc1. The lowest BCUT2D eigenvalue weighted by Gasteiger charge is -2.14. The van der Waals surface area contributed by atoms with Gasteiger partial charge in [-0.25, -0.2) is 8.42 Å². The number of carbonyl (C=O) groups excluding carboxylic acids is 2. The molecule has 0 bridgehead atoms. The Labute approximate surface area is 194 Å². The smallest absolute Gasteiger partial charge is 0.255 e. The molecule has 0 fully saturated rings. The van der Waals surface area contributed by atoms with Gasteiger partial charge in [-0.05, 0) is 79.3 Å². The first-order valence-electron chi connectivity index (χ1n) is 10.9. The molecule has 4 rings (SSSR count). The van der Waals surface area contributed by atoms with Gasteiger partial charge < -0.3 is 10.6 Å². The van der Waals surface area contributed by atoms with Crippen molar-refractivity contribution in [1.82, 2.24) is 0 Å². The number of rotatable bonds is 7. The third-order valence-electron chi connectivity index (χ3n) is 5.92. The minimum absolute atomic E-state index is 0.153. The Hall–Kier alpha value is -3.45. The molecule has 1 aliphatic carbocycles. The molecule has 3 aromatic rings.